The van der Waals surface area contributed by atoms with Crippen molar-refractivity contribution in [2.75, 3.05) is 38.8 Å². The third-order valence-electron chi connectivity index (χ3n) is 3.83. The van der Waals surface area contributed by atoms with Crippen LogP contribution in [0.2, 0.25) is 0 Å². The van der Waals surface area contributed by atoms with Crippen LogP contribution in [0.5, 0.6) is 0 Å². The molecule has 108 valence electrons. The van der Waals surface area contributed by atoms with E-state index in [1.807, 2.05) is 18.7 Å². The van der Waals surface area contributed by atoms with Gasteiger partial charge in [0.15, 0.2) is 0 Å². The van der Waals surface area contributed by atoms with E-state index in [0.717, 1.165) is 31.0 Å². The van der Waals surface area contributed by atoms with Crippen molar-refractivity contribution in [3.8, 4) is 0 Å². The van der Waals surface area contributed by atoms with Crippen molar-refractivity contribution in [3.63, 3.8) is 0 Å². The first-order chi connectivity index (χ1) is 9.12. The Labute approximate surface area is 114 Å². The molecular formula is C13H24N4O2. The molecule has 0 saturated carbocycles. The fraction of sp³-hybridized carbons (Fsp3) is 0.769. The molecule has 1 aromatic heterocycles. The fourth-order valence-corrected chi connectivity index (χ4v) is 2.89. The maximum absolute atomic E-state index is 5.71. The molecule has 2 rings (SSSR count). The summed E-state index contributed by atoms with van der Waals surface area (Å²) in [5.74, 6) is 1.14. The van der Waals surface area contributed by atoms with Gasteiger partial charge in [0.2, 0.25) is 0 Å². The van der Waals surface area contributed by atoms with Gasteiger partial charge in [-0.15, -0.1) is 0 Å². The SMILES string of the molecule is COC1CN(c2c(CCN)c(C)nn2C)CC1OC. The highest BCUT2D eigenvalue weighted by molar-refractivity contribution is 5.51. The molecule has 0 spiro atoms. The minimum absolute atomic E-state index is 0.103. The first-order valence-corrected chi connectivity index (χ1v) is 6.65. The molecule has 1 aliphatic rings. The van der Waals surface area contributed by atoms with Crippen LogP contribution in [-0.4, -0.2) is 55.8 Å². The molecule has 1 saturated heterocycles. The first kappa shape index (κ1) is 14.3. The number of aryl methyl sites for hydroxylation is 2. The molecule has 0 amide bonds. The van der Waals surface area contributed by atoms with Gasteiger partial charge in [-0.25, -0.2) is 0 Å². The van der Waals surface area contributed by atoms with Gasteiger partial charge >= 0.3 is 0 Å². The lowest BCUT2D eigenvalue weighted by Gasteiger charge is -2.20. The molecule has 6 nitrogen and oxygen atoms in total. The predicted octanol–water partition coefficient (Wildman–Crippen LogP) is 0.0797. The van der Waals surface area contributed by atoms with E-state index in [2.05, 4.69) is 10.00 Å². The third kappa shape index (κ3) is 2.61. The van der Waals surface area contributed by atoms with Crippen molar-refractivity contribution in [1.29, 1.82) is 0 Å². The molecule has 0 bridgehead atoms. The predicted molar refractivity (Wildman–Crippen MR) is 74.5 cm³/mol. The molecule has 2 N–H and O–H groups in total. The molecule has 0 radical (unpaired) electrons. The number of nitrogens with two attached hydrogens (primary N) is 1. The molecule has 0 aromatic carbocycles. The highest BCUT2D eigenvalue weighted by Crippen LogP contribution is 2.28. The van der Waals surface area contributed by atoms with Gasteiger partial charge < -0.3 is 20.1 Å². The highest BCUT2D eigenvalue weighted by Gasteiger charge is 2.35. The zero-order valence-electron chi connectivity index (χ0n) is 12.2. The van der Waals surface area contributed by atoms with Gasteiger partial charge in [0, 0.05) is 39.9 Å². The number of rotatable bonds is 5. The van der Waals surface area contributed by atoms with Crippen LogP contribution in [0.3, 0.4) is 0 Å². The summed E-state index contributed by atoms with van der Waals surface area (Å²) in [4.78, 5) is 2.29. The van der Waals surface area contributed by atoms with Crippen LogP contribution in [-0.2, 0) is 22.9 Å². The summed E-state index contributed by atoms with van der Waals surface area (Å²) in [5, 5.41) is 4.51. The van der Waals surface area contributed by atoms with E-state index in [0.29, 0.717) is 6.54 Å². The average Bonchev–Trinajstić information content (AvgIpc) is 2.91. The Hall–Kier alpha value is -1.11. The van der Waals surface area contributed by atoms with E-state index < -0.39 is 0 Å². The van der Waals surface area contributed by atoms with Crippen molar-refractivity contribution in [2.24, 2.45) is 12.8 Å². The van der Waals surface area contributed by atoms with E-state index in [1.165, 1.54) is 5.56 Å². The topological polar surface area (TPSA) is 65.5 Å². The number of hydrogen-bond acceptors (Lipinski definition) is 5. The standard InChI is InChI=1S/C13H24N4O2/c1-9-10(5-6-14)13(16(2)15-9)17-7-11(18-3)12(8-17)19-4/h11-12H,5-8,14H2,1-4H3. The third-order valence-corrected chi connectivity index (χ3v) is 3.83. The molecule has 0 aliphatic carbocycles. The van der Waals surface area contributed by atoms with Crippen LogP contribution in [0.4, 0.5) is 5.82 Å². The smallest absolute Gasteiger partial charge is 0.130 e. The summed E-state index contributed by atoms with van der Waals surface area (Å²) in [6.07, 6.45) is 1.05. The van der Waals surface area contributed by atoms with Crippen LogP contribution < -0.4 is 10.6 Å². The zero-order valence-corrected chi connectivity index (χ0v) is 12.2. The van der Waals surface area contributed by atoms with E-state index in [1.54, 1.807) is 14.2 Å². The van der Waals surface area contributed by atoms with Crippen molar-refractivity contribution >= 4 is 5.82 Å². The molecule has 1 aliphatic heterocycles. The quantitative estimate of drug-likeness (QED) is 0.819. The second-order valence-electron chi connectivity index (χ2n) is 5.00. The summed E-state index contributed by atoms with van der Waals surface area (Å²) in [6.45, 7) is 4.32. The Bertz CT molecular complexity index is 421. The van der Waals surface area contributed by atoms with Crippen molar-refractivity contribution in [2.45, 2.75) is 25.6 Å². The molecule has 2 unspecified atom stereocenters. The second kappa shape index (κ2) is 5.90. The highest BCUT2D eigenvalue weighted by atomic mass is 16.5. The minimum Gasteiger partial charge on any atom is -0.377 e. The number of nitrogens with zero attached hydrogens (tertiary/aromatic N) is 3. The van der Waals surface area contributed by atoms with Gasteiger partial charge in [-0.05, 0) is 19.9 Å². The minimum atomic E-state index is 0.103. The van der Waals surface area contributed by atoms with Crippen LogP contribution >= 0.6 is 0 Å². The molecule has 1 fully saturated rings. The first-order valence-electron chi connectivity index (χ1n) is 6.65. The van der Waals surface area contributed by atoms with Gasteiger partial charge in [-0.1, -0.05) is 0 Å². The summed E-state index contributed by atoms with van der Waals surface area (Å²) < 4.78 is 12.9. The van der Waals surface area contributed by atoms with Gasteiger partial charge in [0.25, 0.3) is 0 Å². The van der Waals surface area contributed by atoms with Gasteiger partial charge in [0.1, 0.15) is 18.0 Å². The van der Waals surface area contributed by atoms with E-state index >= 15 is 0 Å². The summed E-state index contributed by atoms with van der Waals surface area (Å²) in [5.41, 5.74) is 7.99. The number of anilines is 1. The Balaban J connectivity index is 2.27. The summed E-state index contributed by atoms with van der Waals surface area (Å²) in [7, 11) is 5.44. The Morgan fingerprint density at radius 2 is 1.84 bits per heavy atom. The van der Waals surface area contributed by atoms with Crippen LogP contribution in [0.1, 0.15) is 11.3 Å². The fourth-order valence-electron chi connectivity index (χ4n) is 2.89. The lowest BCUT2D eigenvalue weighted by molar-refractivity contribution is -0.00461. The monoisotopic (exact) mass is 268 g/mol. The number of hydrogen-bond donors (Lipinski definition) is 1. The van der Waals surface area contributed by atoms with E-state index in [4.69, 9.17) is 15.2 Å². The second-order valence-corrected chi connectivity index (χ2v) is 5.00. The van der Waals surface area contributed by atoms with Gasteiger partial charge in [-0.3, -0.25) is 4.68 Å². The lowest BCUT2D eigenvalue weighted by atomic mass is 10.1. The maximum atomic E-state index is 5.71. The van der Waals surface area contributed by atoms with Crippen LogP contribution in [0.15, 0.2) is 0 Å². The number of ether oxygens (including phenoxy) is 2. The zero-order chi connectivity index (χ0) is 14.0. The van der Waals surface area contributed by atoms with Crippen molar-refractivity contribution in [3.05, 3.63) is 11.3 Å². The lowest BCUT2D eigenvalue weighted by Crippen LogP contribution is -2.27. The normalized spacial score (nSPS) is 23.3. The Morgan fingerprint density at radius 1 is 1.26 bits per heavy atom. The average molecular weight is 268 g/mol. The van der Waals surface area contributed by atoms with Gasteiger partial charge in [0.05, 0.1) is 5.69 Å². The molecule has 1 aromatic rings. The Morgan fingerprint density at radius 3 is 2.32 bits per heavy atom. The van der Waals surface area contributed by atoms with Gasteiger partial charge in [-0.2, -0.15) is 5.10 Å². The van der Waals surface area contributed by atoms with Crippen LogP contribution in [0, 0.1) is 6.92 Å². The van der Waals surface area contributed by atoms with Crippen LogP contribution in [0.25, 0.3) is 0 Å². The molecule has 19 heavy (non-hydrogen) atoms. The molecule has 2 atom stereocenters. The molecule has 2 heterocycles. The van der Waals surface area contributed by atoms with Crippen molar-refractivity contribution in [1.82, 2.24) is 9.78 Å². The molecular weight excluding hydrogens is 244 g/mol. The summed E-state index contributed by atoms with van der Waals surface area (Å²) in [6, 6.07) is 0. The maximum Gasteiger partial charge on any atom is 0.130 e. The number of aromatic nitrogens is 2. The molecule has 6 heteroatoms. The number of methoxy groups -OCH3 is 2. The Kier molecular flexibility index (Phi) is 4.44. The van der Waals surface area contributed by atoms with E-state index in [9.17, 15) is 0 Å². The summed E-state index contributed by atoms with van der Waals surface area (Å²) >= 11 is 0. The van der Waals surface area contributed by atoms with Crippen molar-refractivity contribution < 1.29 is 9.47 Å². The van der Waals surface area contributed by atoms with E-state index in [-0.39, 0.29) is 12.2 Å². The largest absolute Gasteiger partial charge is 0.377 e.